The third kappa shape index (κ3) is 3.47. The molecule has 0 amide bonds. The Kier molecular flexibility index (Phi) is 4.31. The highest BCUT2D eigenvalue weighted by molar-refractivity contribution is 6.33. The van der Waals surface area contributed by atoms with Crippen molar-refractivity contribution in [2.75, 3.05) is 24.5 Å². The summed E-state index contributed by atoms with van der Waals surface area (Å²) in [5.74, 6) is 0.655. The van der Waals surface area contributed by atoms with E-state index in [9.17, 15) is 10.1 Å². The van der Waals surface area contributed by atoms with Crippen LogP contribution in [0, 0.1) is 16.0 Å². The standard InChI is InChI=1S/C15H20ClN3O2/c16-13-4-1-5-14(19(20)21)15(13)18(9-11-6-7-11)10-12-3-2-8-17-12/h1,4-5,11-12,17H,2-3,6-10H2. The van der Waals surface area contributed by atoms with Crippen LogP contribution in [0.25, 0.3) is 0 Å². The highest BCUT2D eigenvalue weighted by Crippen LogP contribution is 2.39. The molecule has 5 nitrogen and oxygen atoms in total. The first kappa shape index (κ1) is 14.6. The first-order chi connectivity index (χ1) is 10.1. The summed E-state index contributed by atoms with van der Waals surface area (Å²) in [4.78, 5) is 13.1. The van der Waals surface area contributed by atoms with Crippen LogP contribution < -0.4 is 10.2 Å². The topological polar surface area (TPSA) is 58.4 Å². The molecule has 1 saturated carbocycles. The largest absolute Gasteiger partial charge is 0.363 e. The SMILES string of the molecule is O=[N+]([O-])c1cccc(Cl)c1N(CC1CC1)CC1CCCN1. The third-order valence-corrected chi connectivity index (χ3v) is 4.56. The maximum Gasteiger partial charge on any atom is 0.294 e. The molecule has 1 atom stereocenters. The molecule has 1 aliphatic carbocycles. The highest BCUT2D eigenvalue weighted by Gasteiger charge is 2.31. The zero-order valence-electron chi connectivity index (χ0n) is 11.9. The van der Waals surface area contributed by atoms with E-state index in [0.29, 0.717) is 22.7 Å². The average molecular weight is 310 g/mol. The molecule has 1 aromatic carbocycles. The summed E-state index contributed by atoms with van der Waals surface area (Å²) < 4.78 is 0. The van der Waals surface area contributed by atoms with Gasteiger partial charge in [-0.2, -0.15) is 0 Å². The van der Waals surface area contributed by atoms with E-state index in [4.69, 9.17) is 11.6 Å². The van der Waals surface area contributed by atoms with Gasteiger partial charge in [-0.1, -0.05) is 17.7 Å². The van der Waals surface area contributed by atoms with Crippen molar-refractivity contribution in [2.24, 2.45) is 5.92 Å². The Hall–Kier alpha value is -1.33. The van der Waals surface area contributed by atoms with Crippen LogP contribution >= 0.6 is 11.6 Å². The Morgan fingerprint density at radius 2 is 2.14 bits per heavy atom. The minimum Gasteiger partial charge on any atom is -0.363 e. The summed E-state index contributed by atoms with van der Waals surface area (Å²) in [6.07, 6.45) is 4.73. The van der Waals surface area contributed by atoms with Gasteiger partial charge in [0.2, 0.25) is 0 Å². The Morgan fingerprint density at radius 3 is 2.76 bits per heavy atom. The molecule has 1 saturated heterocycles. The molecule has 2 fully saturated rings. The normalized spacial score (nSPS) is 21.5. The predicted molar refractivity (Wildman–Crippen MR) is 84.1 cm³/mol. The van der Waals surface area contributed by atoms with E-state index in [1.807, 2.05) is 0 Å². The Labute approximate surface area is 129 Å². The summed E-state index contributed by atoms with van der Waals surface area (Å²) in [6.45, 7) is 2.69. The quantitative estimate of drug-likeness (QED) is 0.647. The molecule has 1 aromatic rings. The smallest absolute Gasteiger partial charge is 0.294 e. The number of halogens is 1. The van der Waals surface area contributed by atoms with Crippen molar-refractivity contribution in [3.05, 3.63) is 33.3 Å². The molecule has 1 N–H and O–H groups in total. The molecule has 1 unspecified atom stereocenters. The molecule has 114 valence electrons. The summed E-state index contributed by atoms with van der Waals surface area (Å²) in [6, 6.07) is 5.34. The number of nitro benzene ring substituents is 1. The number of rotatable bonds is 6. The van der Waals surface area contributed by atoms with Crippen LogP contribution in [-0.2, 0) is 0 Å². The Bertz CT molecular complexity index is 528. The van der Waals surface area contributed by atoms with E-state index in [0.717, 1.165) is 26.1 Å². The number of nitrogens with one attached hydrogen (secondary N) is 1. The van der Waals surface area contributed by atoms with E-state index in [1.165, 1.54) is 19.3 Å². The Morgan fingerprint density at radius 1 is 1.33 bits per heavy atom. The van der Waals surface area contributed by atoms with Gasteiger partial charge in [0, 0.05) is 25.2 Å². The van der Waals surface area contributed by atoms with Crippen molar-refractivity contribution in [1.82, 2.24) is 5.32 Å². The van der Waals surface area contributed by atoms with E-state index in [-0.39, 0.29) is 10.6 Å². The molecule has 0 bridgehead atoms. The molecule has 0 aromatic heterocycles. The lowest BCUT2D eigenvalue weighted by molar-refractivity contribution is -0.384. The fourth-order valence-electron chi connectivity index (χ4n) is 3.01. The first-order valence-corrected chi connectivity index (χ1v) is 7.94. The number of nitro groups is 1. The fourth-order valence-corrected chi connectivity index (χ4v) is 3.30. The second-order valence-corrected chi connectivity index (χ2v) is 6.41. The van der Waals surface area contributed by atoms with E-state index >= 15 is 0 Å². The summed E-state index contributed by atoms with van der Waals surface area (Å²) in [7, 11) is 0. The summed E-state index contributed by atoms with van der Waals surface area (Å²) in [5.41, 5.74) is 0.700. The third-order valence-electron chi connectivity index (χ3n) is 4.26. The van der Waals surface area contributed by atoms with Crippen LogP contribution in [0.15, 0.2) is 18.2 Å². The number of hydrogen-bond acceptors (Lipinski definition) is 4. The zero-order valence-corrected chi connectivity index (χ0v) is 12.7. The lowest BCUT2D eigenvalue weighted by Crippen LogP contribution is -2.39. The highest BCUT2D eigenvalue weighted by atomic mass is 35.5. The van der Waals surface area contributed by atoms with Crippen LogP contribution in [0.1, 0.15) is 25.7 Å². The van der Waals surface area contributed by atoms with E-state index in [2.05, 4.69) is 10.2 Å². The molecule has 21 heavy (non-hydrogen) atoms. The maximum absolute atomic E-state index is 11.3. The molecule has 3 rings (SSSR count). The monoisotopic (exact) mass is 309 g/mol. The van der Waals surface area contributed by atoms with Gasteiger partial charge < -0.3 is 10.2 Å². The van der Waals surface area contributed by atoms with Crippen molar-refractivity contribution in [2.45, 2.75) is 31.7 Å². The zero-order chi connectivity index (χ0) is 14.8. The van der Waals surface area contributed by atoms with Gasteiger partial charge in [0.1, 0.15) is 5.69 Å². The molecule has 2 aliphatic rings. The molecule has 0 radical (unpaired) electrons. The number of benzene rings is 1. The van der Waals surface area contributed by atoms with Gasteiger partial charge in [-0.15, -0.1) is 0 Å². The van der Waals surface area contributed by atoms with Gasteiger partial charge in [0.15, 0.2) is 0 Å². The predicted octanol–water partition coefficient (Wildman–Crippen LogP) is 3.22. The minimum atomic E-state index is -0.330. The van der Waals surface area contributed by atoms with Crippen LogP contribution in [0.2, 0.25) is 5.02 Å². The van der Waals surface area contributed by atoms with Crippen LogP contribution in [0.4, 0.5) is 11.4 Å². The van der Waals surface area contributed by atoms with Crippen molar-refractivity contribution in [3.63, 3.8) is 0 Å². The average Bonchev–Trinajstić information content (AvgIpc) is 3.11. The van der Waals surface area contributed by atoms with Gasteiger partial charge in [-0.05, 0) is 44.2 Å². The van der Waals surface area contributed by atoms with Gasteiger partial charge in [0.25, 0.3) is 5.69 Å². The Balaban J connectivity index is 1.88. The van der Waals surface area contributed by atoms with Crippen LogP contribution in [-0.4, -0.2) is 30.6 Å². The lowest BCUT2D eigenvalue weighted by atomic mass is 10.1. The fraction of sp³-hybridized carbons (Fsp3) is 0.600. The first-order valence-electron chi connectivity index (χ1n) is 7.56. The van der Waals surface area contributed by atoms with Gasteiger partial charge in [0.05, 0.1) is 9.95 Å². The maximum atomic E-state index is 11.3. The van der Waals surface area contributed by atoms with E-state index in [1.54, 1.807) is 18.2 Å². The number of anilines is 1. The second-order valence-electron chi connectivity index (χ2n) is 6.01. The number of para-hydroxylation sites is 1. The molecule has 1 aliphatic heterocycles. The molecule has 1 heterocycles. The summed E-state index contributed by atoms with van der Waals surface area (Å²) >= 11 is 6.29. The van der Waals surface area contributed by atoms with Crippen molar-refractivity contribution in [3.8, 4) is 0 Å². The summed E-state index contributed by atoms with van der Waals surface area (Å²) in [5, 5.41) is 15.3. The van der Waals surface area contributed by atoms with Crippen LogP contribution in [0.3, 0.4) is 0 Å². The second kappa shape index (κ2) is 6.20. The molecular formula is C15H20ClN3O2. The van der Waals surface area contributed by atoms with Crippen molar-refractivity contribution >= 4 is 23.0 Å². The van der Waals surface area contributed by atoms with Gasteiger partial charge >= 0.3 is 0 Å². The van der Waals surface area contributed by atoms with Crippen LogP contribution in [0.5, 0.6) is 0 Å². The molecular weight excluding hydrogens is 290 g/mol. The van der Waals surface area contributed by atoms with E-state index < -0.39 is 0 Å². The number of hydrogen-bond donors (Lipinski definition) is 1. The van der Waals surface area contributed by atoms with Crippen molar-refractivity contribution < 1.29 is 4.92 Å². The number of nitrogens with zero attached hydrogens (tertiary/aromatic N) is 2. The lowest BCUT2D eigenvalue weighted by Gasteiger charge is -2.28. The van der Waals surface area contributed by atoms with Gasteiger partial charge in [-0.3, -0.25) is 10.1 Å². The molecule has 6 heteroatoms. The minimum absolute atomic E-state index is 0.112. The molecule has 0 spiro atoms. The van der Waals surface area contributed by atoms with Gasteiger partial charge in [-0.25, -0.2) is 0 Å². The van der Waals surface area contributed by atoms with Crippen molar-refractivity contribution in [1.29, 1.82) is 0 Å².